The number of likely N-dealkylation sites (tertiary alicyclic amines) is 1. The summed E-state index contributed by atoms with van der Waals surface area (Å²) in [5, 5.41) is 1.76. The van der Waals surface area contributed by atoms with E-state index in [1.54, 1.807) is 4.90 Å². The van der Waals surface area contributed by atoms with E-state index in [1.165, 1.54) is 17.2 Å². The summed E-state index contributed by atoms with van der Waals surface area (Å²) in [5.41, 5.74) is 5.71. The maximum atomic E-state index is 12.9. The summed E-state index contributed by atoms with van der Waals surface area (Å²) in [7, 11) is 0. The highest BCUT2D eigenvalue weighted by Crippen LogP contribution is 2.38. The van der Waals surface area contributed by atoms with E-state index in [4.69, 9.17) is 11.6 Å². The third-order valence-corrected chi connectivity index (χ3v) is 6.48. The summed E-state index contributed by atoms with van der Waals surface area (Å²) in [6.45, 7) is 9.34. The number of nitrogens with zero attached hydrogens (tertiary/aromatic N) is 2. The van der Waals surface area contributed by atoms with Gasteiger partial charge < -0.3 is 9.47 Å². The fourth-order valence-electron chi connectivity index (χ4n) is 4.64. The molecule has 0 saturated carbocycles. The van der Waals surface area contributed by atoms with Crippen LogP contribution < -0.4 is 0 Å². The molecule has 1 saturated heterocycles. The van der Waals surface area contributed by atoms with Crippen LogP contribution in [0.5, 0.6) is 0 Å². The lowest BCUT2D eigenvalue weighted by Gasteiger charge is -2.38. The number of fused-ring (bicyclic) bond motifs is 1. The van der Waals surface area contributed by atoms with Crippen LogP contribution in [0.2, 0.25) is 5.02 Å². The number of rotatable bonds is 7. The van der Waals surface area contributed by atoms with Crippen LogP contribution in [0.3, 0.4) is 0 Å². The number of halogens is 1. The lowest BCUT2D eigenvalue weighted by atomic mass is 9.94. The molecular formula is C26H27ClN2O2. The van der Waals surface area contributed by atoms with Crippen LogP contribution in [0.4, 0.5) is 0 Å². The maximum absolute atomic E-state index is 12.9. The summed E-state index contributed by atoms with van der Waals surface area (Å²) >= 11 is 6.35. The van der Waals surface area contributed by atoms with Gasteiger partial charge in [-0.3, -0.25) is 9.59 Å². The molecule has 4 rings (SSSR count). The third-order valence-electron chi connectivity index (χ3n) is 6.25. The van der Waals surface area contributed by atoms with E-state index < -0.39 is 0 Å². The second kappa shape index (κ2) is 8.72. The molecule has 0 bridgehead atoms. The van der Waals surface area contributed by atoms with E-state index in [1.807, 2.05) is 18.2 Å². The Morgan fingerprint density at radius 3 is 2.65 bits per heavy atom. The van der Waals surface area contributed by atoms with Crippen molar-refractivity contribution in [1.82, 2.24) is 9.47 Å². The third kappa shape index (κ3) is 4.05. The van der Waals surface area contributed by atoms with Crippen molar-refractivity contribution in [3.8, 4) is 11.1 Å². The smallest absolute Gasteiger partial charge is 0.245 e. The van der Waals surface area contributed by atoms with Crippen LogP contribution >= 0.6 is 11.6 Å². The molecule has 160 valence electrons. The minimum Gasteiger partial charge on any atom is -0.338 e. The van der Waals surface area contributed by atoms with Gasteiger partial charge in [-0.05, 0) is 48.7 Å². The van der Waals surface area contributed by atoms with E-state index in [-0.39, 0.29) is 17.6 Å². The molecule has 0 unspecified atom stereocenters. The number of hydrogen-bond donors (Lipinski definition) is 0. The molecule has 31 heavy (non-hydrogen) atoms. The van der Waals surface area contributed by atoms with Crippen LogP contribution in [0.1, 0.15) is 24.6 Å². The molecule has 0 atom stereocenters. The zero-order chi connectivity index (χ0) is 22.1. The first-order valence-corrected chi connectivity index (χ1v) is 11.1. The Morgan fingerprint density at radius 1 is 1.19 bits per heavy atom. The van der Waals surface area contributed by atoms with Gasteiger partial charge >= 0.3 is 0 Å². The number of ketones is 1. The Kier molecular flexibility index (Phi) is 6.01. The standard InChI is InChI=1S/C26H27ClN2O2/c1-4-19-8-6-7-9-22(19)26-17(3)29(24-11-10-20(27)13-23(24)26)16-21(30)12-18-14-28(15-18)25(31)5-2/h5-11,13,18H,2,4,12,14-16H2,1,3H3. The average Bonchev–Trinajstić information content (AvgIpc) is 3.00. The number of benzene rings is 2. The number of aromatic nitrogens is 1. The van der Waals surface area contributed by atoms with Crippen LogP contribution in [0.25, 0.3) is 22.0 Å². The van der Waals surface area contributed by atoms with Gasteiger partial charge in [-0.1, -0.05) is 49.4 Å². The van der Waals surface area contributed by atoms with Gasteiger partial charge in [-0.25, -0.2) is 0 Å². The number of Topliss-reactive ketones (excluding diaryl/α,β-unsaturated/α-hetero) is 1. The van der Waals surface area contributed by atoms with E-state index in [0.717, 1.165) is 28.6 Å². The first-order valence-electron chi connectivity index (χ1n) is 10.7. The van der Waals surface area contributed by atoms with Crippen LogP contribution in [0.15, 0.2) is 55.1 Å². The zero-order valence-electron chi connectivity index (χ0n) is 18.0. The molecule has 1 aromatic heterocycles. The van der Waals surface area contributed by atoms with Crippen molar-refractivity contribution in [2.24, 2.45) is 5.92 Å². The Hall–Kier alpha value is -2.85. The van der Waals surface area contributed by atoms with Gasteiger partial charge in [0.2, 0.25) is 5.91 Å². The molecule has 1 amide bonds. The molecular weight excluding hydrogens is 408 g/mol. The lowest BCUT2D eigenvalue weighted by molar-refractivity contribution is -0.134. The van der Waals surface area contributed by atoms with Crippen LogP contribution in [0, 0.1) is 12.8 Å². The minimum atomic E-state index is -0.0629. The first-order chi connectivity index (χ1) is 14.9. The van der Waals surface area contributed by atoms with E-state index in [2.05, 4.69) is 49.3 Å². The van der Waals surface area contributed by atoms with Crippen molar-refractivity contribution in [3.05, 3.63) is 71.4 Å². The lowest BCUT2D eigenvalue weighted by Crippen LogP contribution is -2.50. The Labute approximate surface area is 188 Å². The van der Waals surface area contributed by atoms with Crippen LogP contribution in [-0.4, -0.2) is 34.2 Å². The van der Waals surface area contributed by atoms with E-state index in [9.17, 15) is 9.59 Å². The predicted octanol–water partition coefficient (Wildman–Crippen LogP) is 5.44. The maximum Gasteiger partial charge on any atom is 0.245 e. The summed E-state index contributed by atoms with van der Waals surface area (Å²) in [4.78, 5) is 26.3. The second-order valence-corrected chi connectivity index (χ2v) is 8.71. The molecule has 2 heterocycles. The highest BCUT2D eigenvalue weighted by atomic mass is 35.5. The van der Waals surface area contributed by atoms with Crippen LogP contribution in [-0.2, 0) is 22.6 Å². The molecule has 0 radical (unpaired) electrons. The van der Waals surface area contributed by atoms with Crippen molar-refractivity contribution in [2.45, 2.75) is 33.2 Å². The van der Waals surface area contributed by atoms with Gasteiger partial charge in [-0.15, -0.1) is 0 Å². The summed E-state index contributed by atoms with van der Waals surface area (Å²) in [6, 6.07) is 14.3. The average molecular weight is 435 g/mol. The minimum absolute atomic E-state index is 0.0629. The van der Waals surface area contributed by atoms with Gasteiger partial charge in [0.15, 0.2) is 5.78 Å². The van der Waals surface area contributed by atoms with Gasteiger partial charge in [0.25, 0.3) is 0 Å². The molecule has 0 N–H and O–H groups in total. The molecule has 1 fully saturated rings. The Bertz CT molecular complexity index is 1170. The van der Waals surface area contributed by atoms with Gasteiger partial charge in [0, 0.05) is 52.6 Å². The first kappa shape index (κ1) is 21.4. The fraction of sp³-hybridized carbons (Fsp3) is 0.308. The molecule has 0 spiro atoms. The number of carbonyl (C=O) groups excluding carboxylic acids is 2. The predicted molar refractivity (Wildman–Crippen MR) is 126 cm³/mol. The van der Waals surface area contributed by atoms with Crippen molar-refractivity contribution >= 4 is 34.2 Å². The van der Waals surface area contributed by atoms with Gasteiger partial charge in [0.1, 0.15) is 0 Å². The topological polar surface area (TPSA) is 42.3 Å². The monoisotopic (exact) mass is 434 g/mol. The number of amides is 1. The number of aryl methyl sites for hydroxylation is 1. The van der Waals surface area contributed by atoms with Crippen molar-refractivity contribution < 1.29 is 9.59 Å². The second-order valence-electron chi connectivity index (χ2n) is 8.27. The molecule has 2 aromatic carbocycles. The number of carbonyl (C=O) groups is 2. The molecule has 5 heteroatoms. The van der Waals surface area contributed by atoms with E-state index >= 15 is 0 Å². The largest absolute Gasteiger partial charge is 0.338 e. The SMILES string of the molecule is C=CC(=O)N1CC(CC(=O)Cn2c(C)c(-c3ccccc3CC)c3cc(Cl)ccc32)C1. The fourth-order valence-corrected chi connectivity index (χ4v) is 4.81. The molecule has 0 aliphatic carbocycles. The summed E-state index contributed by atoms with van der Waals surface area (Å²) < 4.78 is 2.11. The van der Waals surface area contributed by atoms with Crippen molar-refractivity contribution in [2.75, 3.05) is 13.1 Å². The summed E-state index contributed by atoms with van der Waals surface area (Å²) in [6.07, 6.45) is 2.74. The summed E-state index contributed by atoms with van der Waals surface area (Å²) in [5.74, 6) is 0.348. The highest BCUT2D eigenvalue weighted by Gasteiger charge is 2.31. The van der Waals surface area contributed by atoms with Gasteiger partial charge in [0.05, 0.1) is 6.54 Å². The van der Waals surface area contributed by atoms with E-state index in [0.29, 0.717) is 31.1 Å². The molecule has 4 nitrogen and oxygen atoms in total. The highest BCUT2D eigenvalue weighted by molar-refractivity contribution is 6.31. The number of hydrogen-bond acceptors (Lipinski definition) is 2. The Morgan fingerprint density at radius 2 is 1.94 bits per heavy atom. The van der Waals surface area contributed by atoms with Crippen molar-refractivity contribution in [1.29, 1.82) is 0 Å². The molecule has 1 aliphatic rings. The molecule has 3 aromatic rings. The quantitative estimate of drug-likeness (QED) is 0.465. The molecule has 1 aliphatic heterocycles. The Balaban J connectivity index is 1.65. The van der Waals surface area contributed by atoms with Crippen molar-refractivity contribution in [3.63, 3.8) is 0 Å². The van der Waals surface area contributed by atoms with Gasteiger partial charge in [-0.2, -0.15) is 0 Å². The normalized spacial score (nSPS) is 14.0. The zero-order valence-corrected chi connectivity index (χ0v) is 18.8.